The van der Waals surface area contributed by atoms with E-state index in [0.717, 1.165) is 18.3 Å². The standard InChI is InChI=1S/C26H37NO3/c1-24-12-9-19(27-29-4)15-18(24)6-7-22-21(24)11-14-25(2)20(10-13-26(22,25)3)17-5-8-23(28)30-16-17/h5,8,15-16,19-22,27H,6-7,9-14H2,1-4H3/t19?,20-,21?,22?,24+,25-,26-/m1/s1. The minimum atomic E-state index is -0.244. The Morgan fingerprint density at radius 1 is 1.00 bits per heavy atom. The lowest BCUT2D eigenvalue weighted by Crippen LogP contribution is -2.55. The Balaban J connectivity index is 1.46. The smallest absolute Gasteiger partial charge is 0.335 e. The molecule has 1 aromatic heterocycles. The van der Waals surface area contributed by atoms with E-state index in [9.17, 15) is 4.79 Å². The summed E-state index contributed by atoms with van der Waals surface area (Å²) in [5, 5.41) is 0. The van der Waals surface area contributed by atoms with Crippen LogP contribution in [-0.2, 0) is 4.84 Å². The second kappa shape index (κ2) is 7.06. The van der Waals surface area contributed by atoms with Crippen molar-refractivity contribution in [3.05, 3.63) is 46.0 Å². The molecule has 3 fully saturated rings. The summed E-state index contributed by atoms with van der Waals surface area (Å²) >= 11 is 0. The molecule has 1 aromatic rings. The number of nitrogens with one attached hydrogen (secondary N) is 1. The van der Waals surface area contributed by atoms with Crippen molar-refractivity contribution < 1.29 is 9.25 Å². The summed E-state index contributed by atoms with van der Waals surface area (Å²) in [7, 11) is 1.72. The summed E-state index contributed by atoms with van der Waals surface area (Å²) in [6, 6.07) is 3.99. The number of hydrogen-bond acceptors (Lipinski definition) is 4. The highest BCUT2D eigenvalue weighted by molar-refractivity contribution is 5.30. The van der Waals surface area contributed by atoms with Gasteiger partial charge in [-0.2, -0.15) is 5.48 Å². The van der Waals surface area contributed by atoms with E-state index in [1.165, 1.54) is 50.5 Å². The third kappa shape index (κ3) is 2.75. The van der Waals surface area contributed by atoms with Gasteiger partial charge in [0.15, 0.2) is 0 Å². The molecule has 0 aliphatic heterocycles. The molecule has 0 saturated heterocycles. The molecule has 0 aromatic carbocycles. The van der Waals surface area contributed by atoms with Crippen LogP contribution in [0.4, 0.5) is 0 Å². The second-order valence-electron chi connectivity index (χ2n) is 11.2. The lowest BCUT2D eigenvalue weighted by Gasteiger charge is -2.63. The van der Waals surface area contributed by atoms with Gasteiger partial charge in [0.05, 0.1) is 19.4 Å². The maximum atomic E-state index is 11.5. The number of fused-ring (bicyclic) bond motifs is 5. The highest BCUT2D eigenvalue weighted by atomic mass is 16.6. The first-order chi connectivity index (χ1) is 14.3. The SMILES string of the molecule is CONC1C=C2CCC3C(CC[C@]4(C)[C@@H](c5ccc(=O)oc5)CC[C@]34C)[C@@]2(C)CC1. The first-order valence-electron chi connectivity index (χ1n) is 11.9. The molecule has 1 heterocycles. The van der Waals surface area contributed by atoms with Crippen LogP contribution in [0.1, 0.15) is 83.6 Å². The molecule has 164 valence electrons. The highest BCUT2D eigenvalue weighted by Crippen LogP contribution is 2.73. The van der Waals surface area contributed by atoms with Crippen LogP contribution in [0.15, 0.2) is 39.3 Å². The van der Waals surface area contributed by atoms with Gasteiger partial charge in [-0.3, -0.25) is 0 Å². The number of rotatable bonds is 3. The molecule has 4 aliphatic carbocycles. The summed E-state index contributed by atoms with van der Waals surface area (Å²) in [5.41, 5.74) is 6.82. The number of hydrogen-bond donors (Lipinski definition) is 1. The monoisotopic (exact) mass is 411 g/mol. The predicted octanol–water partition coefficient (Wildman–Crippen LogP) is 5.60. The lowest BCUT2D eigenvalue weighted by atomic mass is 9.42. The van der Waals surface area contributed by atoms with Crippen molar-refractivity contribution in [3.8, 4) is 0 Å². The normalized spacial score (nSPS) is 45.3. The number of hydroxylamine groups is 1. The van der Waals surface area contributed by atoms with E-state index in [0.29, 0.717) is 22.8 Å². The zero-order valence-electron chi connectivity index (χ0n) is 19.0. The van der Waals surface area contributed by atoms with Gasteiger partial charge in [-0.05, 0) is 97.0 Å². The molecule has 30 heavy (non-hydrogen) atoms. The van der Waals surface area contributed by atoms with Gasteiger partial charge < -0.3 is 9.25 Å². The molecule has 4 nitrogen and oxygen atoms in total. The molecule has 0 amide bonds. The van der Waals surface area contributed by atoms with Crippen molar-refractivity contribution in [2.45, 2.75) is 84.1 Å². The molecular weight excluding hydrogens is 374 g/mol. The van der Waals surface area contributed by atoms with Gasteiger partial charge in [-0.25, -0.2) is 4.79 Å². The third-order valence-electron chi connectivity index (χ3n) is 10.4. The fraction of sp³-hybridized carbons (Fsp3) is 0.731. The van der Waals surface area contributed by atoms with Gasteiger partial charge in [0, 0.05) is 6.07 Å². The van der Waals surface area contributed by atoms with Gasteiger partial charge >= 0.3 is 5.63 Å². The largest absolute Gasteiger partial charge is 0.431 e. The van der Waals surface area contributed by atoms with E-state index in [4.69, 9.17) is 9.25 Å². The van der Waals surface area contributed by atoms with Crippen LogP contribution in [0.25, 0.3) is 0 Å². The average molecular weight is 412 g/mol. The number of allylic oxidation sites excluding steroid dienone is 1. The molecule has 5 rings (SSSR count). The van der Waals surface area contributed by atoms with E-state index in [-0.39, 0.29) is 11.0 Å². The van der Waals surface area contributed by atoms with Crippen LogP contribution in [0, 0.1) is 28.1 Å². The van der Waals surface area contributed by atoms with Crippen molar-refractivity contribution >= 4 is 0 Å². The quantitative estimate of drug-likeness (QED) is 0.520. The molecule has 7 atom stereocenters. The Kier molecular flexibility index (Phi) is 4.83. The van der Waals surface area contributed by atoms with Crippen LogP contribution in [0.5, 0.6) is 0 Å². The summed E-state index contributed by atoms with van der Waals surface area (Å²) in [6.45, 7) is 7.70. The van der Waals surface area contributed by atoms with Crippen LogP contribution >= 0.6 is 0 Å². The van der Waals surface area contributed by atoms with Crippen LogP contribution in [0.2, 0.25) is 0 Å². The molecule has 0 spiro atoms. The molecular formula is C26H37NO3. The minimum absolute atomic E-state index is 0.244. The van der Waals surface area contributed by atoms with Crippen LogP contribution in [-0.4, -0.2) is 13.2 Å². The zero-order chi connectivity index (χ0) is 21.1. The van der Waals surface area contributed by atoms with Gasteiger partial charge in [0.2, 0.25) is 0 Å². The highest BCUT2D eigenvalue weighted by Gasteiger charge is 2.64. The predicted molar refractivity (Wildman–Crippen MR) is 118 cm³/mol. The van der Waals surface area contributed by atoms with Gasteiger partial charge in [0.25, 0.3) is 0 Å². The maximum Gasteiger partial charge on any atom is 0.335 e. The van der Waals surface area contributed by atoms with Crippen LogP contribution in [0.3, 0.4) is 0 Å². The third-order valence-corrected chi connectivity index (χ3v) is 10.4. The van der Waals surface area contributed by atoms with Gasteiger partial charge in [-0.15, -0.1) is 0 Å². The molecule has 3 unspecified atom stereocenters. The van der Waals surface area contributed by atoms with E-state index in [2.05, 4.69) is 32.3 Å². The minimum Gasteiger partial charge on any atom is -0.431 e. The Morgan fingerprint density at radius 2 is 1.80 bits per heavy atom. The van der Waals surface area contributed by atoms with E-state index >= 15 is 0 Å². The maximum absolute atomic E-state index is 11.5. The molecule has 1 N–H and O–H groups in total. The summed E-state index contributed by atoms with van der Waals surface area (Å²) in [6.07, 6.45) is 14.3. The molecule has 3 saturated carbocycles. The topological polar surface area (TPSA) is 51.5 Å². The Morgan fingerprint density at radius 3 is 2.53 bits per heavy atom. The van der Waals surface area contributed by atoms with Crippen molar-refractivity contribution in [2.24, 2.45) is 28.1 Å². The summed E-state index contributed by atoms with van der Waals surface area (Å²) in [4.78, 5) is 16.7. The average Bonchev–Trinajstić information content (AvgIpc) is 3.01. The van der Waals surface area contributed by atoms with Crippen molar-refractivity contribution in [3.63, 3.8) is 0 Å². The van der Waals surface area contributed by atoms with E-state index < -0.39 is 0 Å². The Bertz CT molecular complexity index is 885. The molecule has 4 aliphatic rings. The summed E-state index contributed by atoms with van der Waals surface area (Å²) in [5.74, 6) is 2.07. The van der Waals surface area contributed by atoms with Gasteiger partial charge in [-0.1, -0.05) is 32.4 Å². The molecule has 0 radical (unpaired) electrons. The fourth-order valence-corrected chi connectivity index (χ4v) is 8.48. The Hall–Kier alpha value is -1.39. The van der Waals surface area contributed by atoms with E-state index in [1.807, 2.05) is 6.07 Å². The molecule has 0 bridgehead atoms. The van der Waals surface area contributed by atoms with Gasteiger partial charge in [0.1, 0.15) is 0 Å². The van der Waals surface area contributed by atoms with E-state index in [1.54, 1.807) is 25.0 Å². The van der Waals surface area contributed by atoms with Crippen molar-refractivity contribution in [2.75, 3.05) is 7.11 Å². The fourth-order valence-electron chi connectivity index (χ4n) is 8.48. The Labute approximate surface area is 180 Å². The first kappa shape index (κ1) is 20.5. The lowest BCUT2D eigenvalue weighted by molar-refractivity contribution is -0.105. The first-order valence-corrected chi connectivity index (χ1v) is 11.9. The summed E-state index contributed by atoms with van der Waals surface area (Å²) < 4.78 is 5.27. The van der Waals surface area contributed by atoms with Crippen molar-refractivity contribution in [1.29, 1.82) is 0 Å². The zero-order valence-corrected chi connectivity index (χ0v) is 19.0. The van der Waals surface area contributed by atoms with Crippen LogP contribution < -0.4 is 11.1 Å². The molecule has 4 heteroatoms. The second-order valence-corrected chi connectivity index (χ2v) is 11.2. The van der Waals surface area contributed by atoms with Crippen molar-refractivity contribution in [1.82, 2.24) is 5.48 Å².